The van der Waals surface area contributed by atoms with Crippen LogP contribution in [0, 0.1) is 10.1 Å². The molecule has 1 saturated carbocycles. The van der Waals surface area contributed by atoms with Gasteiger partial charge in [0.25, 0.3) is 15.7 Å². The number of amides is 1. The largest absolute Gasteiger partial charge is 0.465 e. The van der Waals surface area contributed by atoms with Crippen molar-refractivity contribution in [2.75, 3.05) is 5.32 Å². The number of halogens is 1. The summed E-state index contributed by atoms with van der Waals surface area (Å²) in [5.41, 5.74) is 1.95. The van der Waals surface area contributed by atoms with Crippen LogP contribution in [0.5, 0.6) is 0 Å². The molecule has 2 atom stereocenters. The molecule has 1 fully saturated rings. The molecule has 0 bridgehead atoms. The summed E-state index contributed by atoms with van der Waals surface area (Å²) in [5, 5.41) is 25.3. The van der Waals surface area contributed by atoms with Gasteiger partial charge in [-0.3, -0.25) is 10.1 Å². The number of fused-ring (bicyclic) bond motifs is 1. The molecule has 2 N–H and O–H groups in total. The van der Waals surface area contributed by atoms with E-state index in [1.165, 1.54) is 45.5 Å². The number of rotatable bonds is 9. The number of hydrogen-bond donors (Lipinski definition) is 2. The highest BCUT2D eigenvalue weighted by molar-refractivity contribution is 7.90. The maximum Gasteiger partial charge on any atom is 0.407 e. The highest BCUT2D eigenvalue weighted by Crippen LogP contribution is 2.36. The standard InChI is InChI=1S/C32H29ClN6O6S/c33-28-18-34-31(35-22-7-6-8-24(17-22)37(32(40)41)19-21-13-15-23(16-14-21)39(42)43)36-30(28)27-20-38(29-12-5-4-11-26(27)29)46(44,45)25-9-2-1-3-10-25/h1-5,9-16,18,20,22,24H,6-8,17,19H2,(H,40,41)(H,34,35,36)/t22-,24+/m1/s1. The number of nitro benzene ring substituents is 1. The lowest BCUT2D eigenvalue weighted by Crippen LogP contribution is -2.44. The van der Waals surface area contributed by atoms with Gasteiger partial charge in [-0.15, -0.1) is 0 Å². The Balaban J connectivity index is 1.25. The number of aromatic nitrogens is 3. The van der Waals surface area contributed by atoms with Crippen LogP contribution in [0.4, 0.5) is 16.4 Å². The van der Waals surface area contributed by atoms with Gasteiger partial charge in [-0.25, -0.2) is 27.2 Å². The zero-order chi connectivity index (χ0) is 32.4. The Morgan fingerprint density at radius 3 is 2.50 bits per heavy atom. The number of para-hydroxylation sites is 1. The van der Waals surface area contributed by atoms with Gasteiger partial charge in [0.1, 0.15) is 0 Å². The molecule has 5 aromatic rings. The Hall–Kier alpha value is -5.01. The highest BCUT2D eigenvalue weighted by atomic mass is 35.5. The minimum Gasteiger partial charge on any atom is -0.465 e. The molecule has 1 aliphatic rings. The lowest BCUT2D eigenvalue weighted by molar-refractivity contribution is -0.384. The summed E-state index contributed by atoms with van der Waals surface area (Å²) in [5.74, 6) is 0.282. The van der Waals surface area contributed by atoms with E-state index >= 15 is 0 Å². The quantitative estimate of drug-likeness (QED) is 0.128. The third-order valence-corrected chi connectivity index (χ3v) is 10.1. The Bertz CT molecular complexity index is 2020. The van der Waals surface area contributed by atoms with E-state index in [0.29, 0.717) is 40.6 Å². The summed E-state index contributed by atoms with van der Waals surface area (Å²) in [6, 6.07) is 20.7. The number of carboxylic acid groups (broad SMARTS) is 1. The third kappa shape index (κ3) is 6.24. The molecule has 0 saturated heterocycles. The van der Waals surface area contributed by atoms with Gasteiger partial charge in [0, 0.05) is 47.9 Å². The number of nitrogens with one attached hydrogen (secondary N) is 1. The number of benzene rings is 3. The Morgan fingerprint density at radius 1 is 1.07 bits per heavy atom. The van der Waals surface area contributed by atoms with Crippen molar-refractivity contribution < 1.29 is 23.2 Å². The number of carbonyl (C=O) groups is 1. The SMILES string of the molecule is O=C(O)N(Cc1ccc([N+](=O)[O-])cc1)[C@H]1CCC[C@@H](Nc2ncc(Cl)c(-c3cn(S(=O)(=O)c4ccccc4)c4ccccc34)n2)C1. The first-order chi connectivity index (χ1) is 22.1. The summed E-state index contributed by atoms with van der Waals surface area (Å²) in [4.78, 5) is 33.4. The van der Waals surface area contributed by atoms with Gasteiger partial charge >= 0.3 is 6.09 Å². The number of nitro groups is 1. The molecule has 0 spiro atoms. The number of non-ortho nitro benzene ring substituents is 1. The van der Waals surface area contributed by atoms with Gasteiger partial charge in [0.05, 0.1) is 32.2 Å². The van der Waals surface area contributed by atoms with Crippen LogP contribution in [-0.2, 0) is 16.6 Å². The zero-order valence-electron chi connectivity index (χ0n) is 24.4. The van der Waals surface area contributed by atoms with E-state index in [0.717, 1.165) is 12.8 Å². The number of anilines is 1. The summed E-state index contributed by atoms with van der Waals surface area (Å²) < 4.78 is 28.5. The van der Waals surface area contributed by atoms with Crippen LogP contribution in [0.15, 0.2) is 96.2 Å². The maximum atomic E-state index is 13.6. The summed E-state index contributed by atoms with van der Waals surface area (Å²) in [6.07, 6.45) is 4.59. The fourth-order valence-corrected chi connectivity index (χ4v) is 7.49. The molecule has 0 unspecified atom stereocenters. The van der Waals surface area contributed by atoms with Crippen molar-refractivity contribution in [2.24, 2.45) is 0 Å². The summed E-state index contributed by atoms with van der Waals surface area (Å²) >= 11 is 6.60. The fourth-order valence-electron chi connectivity index (χ4n) is 5.90. The van der Waals surface area contributed by atoms with E-state index < -0.39 is 21.0 Å². The second-order valence-electron chi connectivity index (χ2n) is 11.1. The van der Waals surface area contributed by atoms with Gasteiger partial charge in [-0.2, -0.15) is 0 Å². The zero-order valence-corrected chi connectivity index (χ0v) is 25.9. The van der Waals surface area contributed by atoms with Gasteiger partial charge in [-0.05, 0) is 49.4 Å². The van der Waals surface area contributed by atoms with Crippen LogP contribution in [0.25, 0.3) is 22.2 Å². The van der Waals surface area contributed by atoms with Gasteiger partial charge in [0.15, 0.2) is 0 Å². The van der Waals surface area contributed by atoms with E-state index in [-0.39, 0.29) is 40.2 Å². The molecule has 3 aromatic carbocycles. The molecule has 2 aromatic heterocycles. The average molecular weight is 661 g/mol. The highest BCUT2D eigenvalue weighted by Gasteiger charge is 2.31. The Morgan fingerprint density at radius 2 is 1.78 bits per heavy atom. The van der Waals surface area contributed by atoms with Crippen molar-refractivity contribution in [3.8, 4) is 11.3 Å². The topological polar surface area (TPSA) is 161 Å². The molecule has 0 aliphatic heterocycles. The first-order valence-electron chi connectivity index (χ1n) is 14.5. The predicted molar refractivity (Wildman–Crippen MR) is 173 cm³/mol. The van der Waals surface area contributed by atoms with E-state index in [9.17, 15) is 28.4 Å². The fraction of sp³-hybridized carbons (Fsp3) is 0.219. The normalized spacial score (nSPS) is 16.6. The lowest BCUT2D eigenvalue weighted by Gasteiger charge is -2.36. The molecule has 1 amide bonds. The van der Waals surface area contributed by atoms with Gasteiger partial charge in [0.2, 0.25) is 5.95 Å². The van der Waals surface area contributed by atoms with Crippen LogP contribution >= 0.6 is 11.6 Å². The molecule has 14 heteroatoms. The van der Waals surface area contributed by atoms with E-state index in [1.807, 2.05) is 12.1 Å². The minimum absolute atomic E-state index is 0.0581. The van der Waals surface area contributed by atoms with E-state index in [4.69, 9.17) is 16.6 Å². The maximum absolute atomic E-state index is 13.6. The monoisotopic (exact) mass is 660 g/mol. The van der Waals surface area contributed by atoms with Crippen molar-refractivity contribution >= 4 is 50.3 Å². The smallest absolute Gasteiger partial charge is 0.407 e. The number of hydrogen-bond acceptors (Lipinski definition) is 8. The van der Waals surface area contributed by atoms with Gasteiger partial charge in [-0.1, -0.05) is 60.1 Å². The molecular weight excluding hydrogens is 632 g/mol. The molecule has 12 nitrogen and oxygen atoms in total. The molecular formula is C32H29ClN6O6S. The minimum atomic E-state index is -3.92. The molecule has 6 rings (SSSR count). The third-order valence-electron chi connectivity index (χ3n) is 8.14. The molecule has 2 heterocycles. The van der Waals surface area contributed by atoms with E-state index in [1.54, 1.807) is 42.5 Å². The molecule has 0 radical (unpaired) electrons. The Labute approximate surface area is 269 Å². The van der Waals surface area contributed by atoms with Crippen molar-refractivity contribution in [1.29, 1.82) is 0 Å². The van der Waals surface area contributed by atoms with Crippen molar-refractivity contribution in [1.82, 2.24) is 18.8 Å². The predicted octanol–water partition coefficient (Wildman–Crippen LogP) is 6.80. The Kier molecular flexibility index (Phi) is 8.61. The second-order valence-corrected chi connectivity index (χ2v) is 13.3. The molecule has 46 heavy (non-hydrogen) atoms. The summed E-state index contributed by atoms with van der Waals surface area (Å²) in [6.45, 7) is 0.0995. The van der Waals surface area contributed by atoms with Gasteiger partial charge < -0.3 is 15.3 Å². The number of nitrogens with zero attached hydrogens (tertiary/aromatic N) is 5. The molecule has 236 valence electrons. The van der Waals surface area contributed by atoms with Crippen LogP contribution in [-0.4, -0.2) is 55.5 Å². The molecule has 1 aliphatic carbocycles. The summed E-state index contributed by atoms with van der Waals surface area (Å²) in [7, 11) is -3.92. The van der Waals surface area contributed by atoms with Crippen LogP contribution in [0.3, 0.4) is 0 Å². The average Bonchev–Trinajstić information content (AvgIpc) is 3.45. The van der Waals surface area contributed by atoms with Crippen LogP contribution < -0.4 is 5.32 Å². The van der Waals surface area contributed by atoms with Crippen LogP contribution in [0.2, 0.25) is 5.02 Å². The first-order valence-corrected chi connectivity index (χ1v) is 16.4. The van der Waals surface area contributed by atoms with Crippen molar-refractivity contribution in [2.45, 2.75) is 49.2 Å². The van der Waals surface area contributed by atoms with E-state index in [2.05, 4.69) is 10.3 Å². The van der Waals surface area contributed by atoms with Crippen molar-refractivity contribution in [3.63, 3.8) is 0 Å². The van der Waals surface area contributed by atoms with Crippen LogP contribution in [0.1, 0.15) is 31.2 Å². The lowest BCUT2D eigenvalue weighted by atomic mass is 9.90. The first kappa shape index (κ1) is 31.0. The van der Waals surface area contributed by atoms with Crippen molar-refractivity contribution in [3.05, 3.63) is 112 Å². The second kappa shape index (κ2) is 12.8.